The summed E-state index contributed by atoms with van der Waals surface area (Å²) in [4.78, 5) is 2.43. The molecule has 1 atom stereocenters. The van der Waals surface area contributed by atoms with Gasteiger partial charge in [-0.15, -0.1) is 0 Å². The molecule has 1 unspecified atom stereocenters. The molecule has 2 nitrogen and oxygen atoms in total. The van der Waals surface area contributed by atoms with E-state index in [0.29, 0.717) is 12.0 Å². The topological polar surface area (TPSA) is 15.3 Å². The number of nitrogens with zero attached hydrogens (tertiary/aromatic N) is 1. The van der Waals surface area contributed by atoms with Crippen LogP contribution in [0.1, 0.15) is 20.3 Å². The molecule has 1 N–H and O–H groups in total. The van der Waals surface area contributed by atoms with Crippen molar-refractivity contribution >= 4 is 33.2 Å². The van der Waals surface area contributed by atoms with E-state index in [4.69, 9.17) is 11.6 Å². The van der Waals surface area contributed by atoms with Gasteiger partial charge in [0.25, 0.3) is 0 Å². The lowest BCUT2D eigenvalue weighted by Gasteiger charge is -2.28. The standard InChI is InChI=1S/C14H20BrClN2/c1-10(2)14-9-18(7-3-6-17-14)11-4-5-12(15)13(16)8-11/h4-5,8,10,14,17H,3,6-7,9H2,1-2H3. The van der Waals surface area contributed by atoms with Crippen molar-refractivity contribution in [2.24, 2.45) is 5.92 Å². The van der Waals surface area contributed by atoms with Gasteiger partial charge in [-0.25, -0.2) is 0 Å². The summed E-state index contributed by atoms with van der Waals surface area (Å²) in [5.74, 6) is 0.650. The molecule has 1 aliphatic heterocycles. The van der Waals surface area contributed by atoms with Gasteiger partial charge in [0.15, 0.2) is 0 Å². The number of hydrogen-bond acceptors (Lipinski definition) is 2. The Morgan fingerprint density at radius 1 is 1.44 bits per heavy atom. The van der Waals surface area contributed by atoms with E-state index in [1.165, 1.54) is 12.1 Å². The van der Waals surface area contributed by atoms with Crippen LogP contribution >= 0.6 is 27.5 Å². The Hall–Kier alpha value is -0.250. The second kappa shape index (κ2) is 6.27. The highest BCUT2D eigenvalue weighted by Gasteiger charge is 2.20. The van der Waals surface area contributed by atoms with E-state index in [-0.39, 0.29) is 0 Å². The van der Waals surface area contributed by atoms with Gasteiger partial charge in [-0.05, 0) is 53.0 Å². The Morgan fingerprint density at radius 3 is 2.89 bits per heavy atom. The lowest BCUT2D eigenvalue weighted by molar-refractivity contribution is 0.420. The minimum atomic E-state index is 0.551. The maximum absolute atomic E-state index is 6.18. The molecule has 0 amide bonds. The van der Waals surface area contributed by atoms with Crippen LogP contribution in [0, 0.1) is 5.92 Å². The Kier molecular flexibility index (Phi) is 4.93. The third kappa shape index (κ3) is 3.40. The molecule has 0 aromatic heterocycles. The van der Waals surface area contributed by atoms with Gasteiger partial charge in [0.2, 0.25) is 0 Å². The Labute approximate surface area is 123 Å². The van der Waals surface area contributed by atoms with Crippen molar-refractivity contribution < 1.29 is 0 Å². The van der Waals surface area contributed by atoms with Gasteiger partial charge in [0.05, 0.1) is 5.02 Å². The fraction of sp³-hybridized carbons (Fsp3) is 0.571. The number of halogens is 2. The zero-order valence-electron chi connectivity index (χ0n) is 10.9. The molecule has 0 spiro atoms. The number of benzene rings is 1. The predicted octanol–water partition coefficient (Wildman–Crippen LogP) is 3.93. The highest BCUT2D eigenvalue weighted by Crippen LogP contribution is 2.28. The first kappa shape index (κ1) is 14.2. The van der Waals surface area contributed by atoms with Crippen LogP contribution < -0.4 is 10.2 Å². The van der Waals surface area contributed by atoms with Gasteiger partial charge in [-0.3, -0.25) is 0 Å². The van der Waals surface area contributed by atoms with Crippen LogP contribution in [0.5, 0.6) is 0 Å². The highest BCUT2D eigenvalue weighted by molar-refractivity contribution is 9.10. The summed E-state index contributed by atoms with van der Waals surface area (Å²) in [5.41, 5.74) is 1.22. The molecule has 0 radical (unpaired) electrons. The summed E-state index contributed by atoms with van der Waals surface area (Å²) < 4.78 is 0.960. The van der Waals surface area contributed by atoms with E-state index >= 15 is 0 Å². The lowest BCUT2D eigenvalue weighted by Crippen LogP contribution is -2.41. The maximum atomic E-state index is 6.18. The van der Waals surface area contributed by atoms with E-state index in [0.717, 1.165) is 29.1 Å². The van der Waals surface area contributed by atoms with Crippen LogP contribution in [-0.2, 0) is 0 Å². The van der Waals surface area contributed by atoms with E-state index in [9.17, 15) is 0 Å². The Morgan fingerprint density at radius 2 is 2.22 bits per heavy atom. The molecule has 100 valence electrons. The normalized spacial score (nSPS) is 21.2. The van der Waals surface area contributed by atoms with Gasteiger partial charge in [-0.1, -0.05) is 25.4 Å². The first-order valence-electron chi connectivity index (χ1n) is 6.51. The average molecular weight is 332 g/mol. The number of nitrogens with one attached hydrogen (secondary N) is 1. The largest absolute Gasteiger partial charge is 0.370 e. The molecule has 1 heterocycles. The summed E-state index contributed by atoms with van der Waals surface area (Å²) in [7, 11) is 0. The minimum Gasteiger partial charge on any atom is -0.370 e. The molecule has 18 heavy (non-hydrogen) atoms. The van der Waals surface area contributed by atoms with Gasteiger partial charge in [0, 0.05) is 29.3 Å². The highest BCUT2D eigenvalue weighted by atomic mass is 79.9. The van der Waals surface area contributed by atoms with Gasteiger partial charge in [0.1, 0.15) is 0 Å². The van der Waals surface area contributed by atoms with E-state index in [1.807, 2.05) is 12.1 Å². The van der Waals surface area contributed by atoms with Crippen LogP contribution in [0.3, 0.4) is 0 Å². The predicted molar refractivity (Wildman–Crippen MR) is 82.6 cm³/mol. The second-order valence-corrected chi connectivity index (χ2v) is 6.46. The van der Waals surface area contributed by atoms with Gasteiger partial charge in [-0.2, -0.15) is 0 Å². The molecule has 1 aromatic carbocycles. The molecule has 4 heteroatoms. The smallest absolute Gasteiger partial charge is 0.0568 e. The lowest BCUT2D eigenvalue weighted by atomic mass is 10.0. The fourth-order valence-corrected chi connectivity index (χ4v) is 2.73. The number of rotatable bonds is 2. The summed E-state index contributed by atoms with van der Waals surface area (Å²) in [6.45, 7) is 7.79. The summed E-state index contributed by atoms with van der Waals surface area (Å²) in [6.07, 6.45) is 1.18. The van der Waals surface area contributed by atoms with Crippen molar-refractivity contribution in [3.63, 3.8) is 0 Å². The van der Waals surface area contributed by atoms with Crippen LogP contribution in [0.4, 0.5) is 5.69 Å². The third-order valence-corrected chi connectivity index (χ3v) is 4.73. The molecule has 0 bridgehead atoms. The molecule has 1 fully saturated rings. The first-order valence-corrected chi connectivity index (χ1v) is 7.68. The minimum absolute atomic E-state index is 0.551. The quantitative estimate of drug-likeness (QED) is 0.883. The van der Waals surface area contributed by atoms with Crippen LogP contribution in [0.25, 0.3) is 0 Å². The summed E-state index contributed by atoms with van der Waals surface area (Å²) in [5, 5.41) is 4.41. The van der Waals surface area contributed by atoms with Crippen LogP contribution in [0.15, 0.2) is 22.7 Å². The first-order chi connectivity index (χ1) is 8.58. The zero-order valence-corrected chi connectivity index (χ0v) is 13.3. The second-order valence-electron chi connectivity index (χ2n) is 5.20. The van der Waals surface area contributed by atoms with E-state index < -0.39 is 0 Å². The Bertz CT molecular complexity index is 409. The molecule has 2 rings (SSSR count). The van der Waals surface area contributed by atoms with Crippen molar-refractivity contribution in [1.29, 1.82) is 0 Å². The summed E-state index contributed by atoms with van der Waals surface area (Å²) in [6, 6.07) is 6.77. The Balaban J connectivity index is 2.17. The third-order valence-electron chi connectivity index (χ3n) is 3.50. The molecule has 1 aromatic rings. The molecule has 0 saturated carbocycles. The molecular weight excluding hydrogens is 312 g/mol. The number of anilines is 1. The molecule has 1 saturated heterocycles. The van der Waals surface area contributed by atoms with Crippen molar-refractivity contribution in [3.8, 4) is 0 Å². The van der Waals surface area contributed by atoms with Crippen LogP contribution in [0.2, 0.25) is 5.02 Å². The molecule has 0 aliphatic carbocycles. The van der Waals surface area contributed by atoms with E-state index in [2.05, 4.69) is 46.1 Å². The average Bonchev–Trinajstić information content (AvgIpc) is 2.58. The van der Waals surface area contributed by atoms with Crippen molar-refractivity contribution in [2.75, 3.05) is 24.5 Å². The van der Waals surface area contributed by atoms with Gasteiger partial charge < -0.3 is 10.2 Å². The monoisotopic (exact) mass is 330 g/mol. The SMILES string of the molecule is CC(C)C1CN(c2ccc(Br)c(Cl)c2)CCCN1. The zero-order chi connectivity index (χ0) is 13.1. The summed E-state index contributed by atoms with van der Waals surface area (Å²) >= 11 is 9.62. The van der Waals surface area contributed by atoms with Crippen LogP contribution in [-0.4, -0.2) is 25.7 Å². The fourth-order valence-electron chi connectivity index (χ4n) is 2.31. The van der Waals surface area contributed by atoms with E-state index in [1.54, 1.807) is 0 Å². The molecule has 1 aliphatic rings. The van der Waals surface area contributed by atoms with Crippen molar-refractivity contribution in [1.82, 2.24) is 5.32 Å². The van der Waals surface area contributed by atoms with Gasteiger partial charge >= 0.3 is 0 Å². The van der Waals surface area contributed by atoms with Crippen molar-refractivity contribution in [2.45, 2.75) is 26.3 Å². The maximum Gasteiger partial charge on any atom is 0.0568 e. The molecular formula is C14H20BrClN2. The van der Waals surface area contributed by atoms with Crippen molar-refractivity contribution in [3.05, 3.63) is 27.7 Å². The number of hydrogen-bond donors (Lipinski definition) is 1.